The highest BCUT2D eigenvalue weighted by atomic mass is 16.5. The van der Waals surface area contributed by atoms with E-state index in [-0.39, 0.29) is 11.8 Å². The number of fused-ring (bicyclic) bond motifs is 1. The molecule has 1 aliphatic heterocycles. The van der Waals surface area contributed by atoms with Crippen LogP contribution in [0.5, 0.6) is 11.6 Å². The van der Waals surface area contributed by atoms with Crippen molar-refractivity contribution in [2.24, 2.45) is 0 Å². The van der Waals surface area contributed by atoms with Crippen molar-refractivity contribution in [3.05, 3.63) is 71.9 Å². The fourth-order valence-corrected chi connectivity index (χ4v) is 3.28. The van der Waals surface area contributed by atoms with Crippen molar-refractivity contribution in [2.45, 2.75) is 13.3 Å². The van der Waals surface area contributed by atoms with Crippen LogP contribution in [0, 0.1) is 6.92 Å². The summed E-state index contributed by atoms with van der Waals surface area (Å²) in [6.07, 6.45) is 2.08. The number of nitrogens with one attached hydrogen (secondary N) is 2. The van der Waals surface area contributed by atoms with Crippen molar-refractivity contribution >= 4 is 28.9 Å². The average molecular weight is 402 g/mol. The first-order valence-corrected chi connectivity index (χ1v) is 9.65. The van der Waals surface area contributed by atoms with Crippen LogP contribution in [0.2, 0.25) is 0 Å². The summed E-state index contributed by atoms with van der Waals surface area (Å²) in [5.74, 6) is 0.837. The molecule has 30 heavy (non-hydrogen) atoms. The molecule has 2 amide bonds. The third-order valence-corrected chi connectivity index (χ3v) is 4.92. The zero-order chi connectivity index (χ0) is 21.1. The van der Waals surface area contributed by atoms with Gasteiger partial charge >= 0.3 is 0 Å². The van der Waals surface area contributed by atoms with Gasteiger partial charge < -0.3 is 20.3 Å². The lowest BCUT2D eigenvalue weighted by Gasteiger charge is -2.19. The summed E-state index contributed by atoms with van der Waals surface area (Å²) in [7, 11) is 1.93. The number of aryl methyl sites for hydroxylation is 1. The molecule has 2 aromatic carbocycles. The van der Waals surface area contributed by atoms with Gasteiger partial charge in [0, 0.05) is 43.5 Å². The second kappa shape index (κ2) is 8.24. The van der Waals surface area contributed by atoms with Gasteiger partial charge in [-0.2, -0.15) is 0 Å². The van der Waals surface area contributed by atoms with E-state index >= 15 is 0 Å². The molecule has 2 heterocycles. The van der Waals surface area contributed by atoms with Gasteiger partial charge in [0.25, 0.3) is 5.91 Å². The molecule has 0 fully saturated rings. The van der Waals surface area contributed by atoms with Crippen LogP contribution in [0.3, 0.4) is 0 Å². The molecule has 1 aromatic heterocycles. The van der Waals surface area contributed by atoms with Gasteiger partial charge in [0.15, 0.2) is 0 Å². The predicted molar refractivity (Wildman–Crippen MR) is 116 cm³/mol. The number of amides is 2. The van der Waals surface area contributed by atoms with E-state index < -0.39 is 0 Å². The summed E-state index contributed by atoms with van der Waals surface area (Å²) < 4.78 is 5.73. The van der Waals surface area contributed by atoms with Gasteiger partial charge in [-0.05, 0) is 55.0 Å². The van der Waals surface area contributed by atoms with Crippen LogP contribution in [0.1, 0.15) is 22.3 Å². The Morgan fingerprint density at radius 1 is 1.17 bits per heavy atom. The minimum Gasteiger partial charge on any atom is -0.439 e. The number of pyridine rings is 1. The van der Waals surface area contributed by atoms with E-state index in [1.807, 2.05) is 43.1 Å². The number of benzene rings is 2. The Balaban J connectivity index is 1.51. The van der Waals surface area contributed by atoms with Crippen molar-refractivity contribution in [3.63, 3.8) is 0 Å². The van der Waals surface area contributed by atoms with Crippen LogP contribution < -0.4 is 20.3 Å². The third-order valence-electron chi connectivity index (χ3n) is 4.92. The monoisotopic (exact) mass is 402 g/mol. The van der Waals surface area contributed by atoms with Crippen LogP contribution in [0.25, 0.3) is 0 Å². The summed E-state index contributed by atoms with van der Waals surface area (Å²) in [5.41, 5.74) is 3.55. The maximum atomic E-state index is 12.8. The summed E-state index contributed by atoms with van der Waals surface area (Å²) in [6.45, 7) is 2.53. The molecule has 7 nitrogen and oxygen atoms in total. The van der Waals surface area contributed by atoms with Gasteiger partial charge in [0.2, 0.25) is 11.8 Å². The van der Waals surface area contributed by atoms with Crippen molar-refractivity contribution in [1.29, 1.82) is 0 Å². The van der Waals surface area contributed by atoms with Crippen molar-refractivity contribution in [3.8, 4) is 11.6 Å². The molecule has 0 saturated heterocycles. The Morgan fingerprint density at radius 2 is 2.03 bits per heavy atom. The van der Waals surface area contributed by atoms with Gasteiger partial charge in [0.1, 0.15) is 5.75 Å². The molecule has 0 unspecified atom stereocenters. The lowest BCUT2D eigenvalue weighted by molar-refractivity contribution is -0.115. The lowest BCUT2D eigenvalue weighted by Crippen LogP contribution is -2.18. The highest BCUT2D eigenvalue weighted by Crippen LogP contribution is 2.30. The number of hydrogen-bond acceptors (Lipinski definition) is 5. The van der Waals surface area contributed by atoms with Crippen LogP contribution in [-0.4, -0.2) is 30.4 Å². The standard InChI is InChI=1S/C23H22N4O3/c1-15-13-17(30-22-5-3-4-11-24-22)7-8-18(15)26-23(29)16-6-9-20-19(14-16)25-21(28)10-12-27(20)2/h3-9,11,13-14H,10,12H2,1-2H3,(H,25,28)(H,26,29). The quantitative estimate of drug-likeness (QED) is 0.683. The van der Waals surface area contributed by atoms with Crippen molar-refractivity contribution in [2.75, 3.05) is 29.1 Å². The Kier molecular flexibility index (Phi) is 5.34. The third kappa shape index (κ3) is 4.25. The van der Waals surface area contributed by atoms with Gasteiger partial charge in [-0.15, -0.1) is 0 Å². The molecule has 2 N–H and O–H groups in total. The van der Waals surface area contributed by atoms with Crippen molar-refractivity contribution < 1.29 is 14.3 Å². The Bertz CT molecular complexity index is 1100. The van der Waals surface area contributed by atoms with E-state index in [1.165, 1.54) is 0 Å². The Labute approximate surface area is 174 Å². The molecule has 1 aliphatic rings. The molecular weight excluding hydrogens is 380 g/mol. The van der Waals surface area contributed by atoms with Gasteiger partial charge in [0.05, 0.1) is 11.4 Å². The van der Waals surface area contributed by atoms with E-state index in [4.69, 9.17) is 4.74 Å². The molecule has 4 rings (SSSR count). The summed E-state index contributed by atoms with van der Waals surface area (Å²) in [4.78, 5) is 30.9. The smallest absolute Gasteiger partial charge is 0.255 e. The van der Waals surface area contributed by atoms with E-state index in [0.29, 0.717) is 41.5 Å². The number of carbonyl (C=O) groups is 2. The minimum absolute atomic E-state index is 0.0579. The molecule has 0 spiro atoms. The second-order valence-corrected chi connectivity index (χ2v) is 7.15. The fraction of sp³-hybridized carbons (Fsp3) is 0.174. The normalized spacial score (nSPS) is 13.1. The first-order chi connectivity index (χ1) is 14.5. The zero-order valence-corrected chi connectivity index (χ0v) is 16.8. The van der Waals surface area contributed by atoms with Gasteiger partial charge in [-0.25, -0.2) is 4.98 Å². The first kappa shape index (κ1) is 19.4. The number of ether oxygens (including phenoxy) is 1. The van der Waals surface area contributed by atoms with Crippen molar-refractivity contribution in [1.82, 2.24) is 4.98 Å². The van der Waals surface area contributed by atoms with E-state index in [9.17, 15) is 9.59 Å². The number of anilines is 3. The fourth-order valence-electron chi connectivity index (χ4n) is 3.28. The SMILES string of the molecule is Cc1cc(Oc2ccccn2)ccc1NC(=O)c1ccc2c(c1)NC(=O)CCN2C. The molecule has 0 aliphatic carbocycles. The van der Waals surface area contributed by atoms with Gasteiger partial charge in [-0.1, -0.05) is 6.07 Å². The maximum Gasteiger partial charge on any atom is 0.255 e. The van der Waals surface area contributed by atoms with E-state index in [1.54, 1.807) is 36.5 Å². The molecule has 0 radical (unpaired) electrons. The highest BCUT2D eigenvalue weighted by molar-refractivity contribution is 6.07. The number of aromatic nitrogens is 1. The lowest BCUT2D eigenvalue weighted by atomic mass is 10.1. The summed E-state index contributed by atoms with van der Waals surface area (Å²) in [5, 5.41) is 5.80. The molecule has 3 aromatic rings. The molecule has 7 heteroatoms. The number of carbonyl (C=O) groups excluding carboxylic acids is 2. The minimum atomic E-state index is -0.250. The largest absolute Gasteiger partial charge is 0.439 e. The average Bonchev–Trinajstić information content (AvgIpc) is 2.88. The predicted octanol–water partition coefficient (Wildman–Crippen LogP) is 4.21. The number of nitrogens with zero attached hydrogens (tertiary/aromatic N) is 2. The molecule has 0 saturated carbocycles. The molecule has 0 atom stereocenters. The Morgan fingerprint density at radius 3 is 2.80 bits per heavy atom. The van der Waals surface area contributed by atoms with E-state index in [0.717, 1.165) is 11.3 Å². The summed E-state index contributed by atoms with van der Waals surface area (Å²) in [6, 6.07) is 16.2. The summed E-state index contributed by atoms with van der Waals surface area (Å²) >= 11 is 0. The van der Waals surface area contributed by atoms with Gasteiger partial charge in [-0.3, -0.25) is 9.59 Å². The van der Waals surface area contributed by atoms with Crippen LogP contribution >= 0.6 is 0 Å². The highest BCUT2D eigenvalue weighted by Gasteiger charge is 2.18. The second-order valence-electron chi connectivity index (χ2n) is 7.15. The molecular formula is C23H22N4O3. The maximum absolute atomic E-state index is 12.8. The zero-order valence-electron chi connectivity index (χ0n) is 16.8. The van der Waals surface area contributed by atoms with Crippen LogP contribution in [0.15, 0.2) is 60.8 Å². The molecule has 152 valence electrons. The number of rotatable bonds is 4. The topological polar surface area (TPSA) is 83.6 Å². The number of hydrogen-bond donors (Lipinski definition) is 2. The van der Waals surface area contributed by atoms with E-state index in [2.05, 4.69) is 15.6 Å². The van der Waals surface area contributed by atoms with Crippen LogP contribution in [0.4, 0.5) is 17.1 Å². The van der Waals surface area contributed by atoms with Crippen LogP contribution in [-0.2, 0) is 4.79 Å². The first-order valence-electron chi connectivity index (χ1n) is 9.65. The Hall–Kier alpha value is -3.87. The molecule has 0 bridgehead atoms.